The first-order chi connectivity index (χ1) is 10.1. The number of carboxylic acids is 1. The van der Waals surface area contributed by atoms with Gasteiger partial charge >= 0.3 is 57.4 Å². The predicted octanol–water partition coefficient (Wildman–Crippen LogP) is 0.923. The summed E-state index contributed by atoms with van der Waals surface area (Å²) >= 11 is 0. The second kappa shape index (κ2) is 17.9. The normalized spacial score (nSPS) is 12.7. The van der Waals surface area contributed by atoms with Crippen LogP contribution in [-0.4, -0.2) is 23.0 Å². The van der Waals surface area contributed by atoms with Gasteiger partial charge in [0.25, 0.3) is 0 Å². The van der Waals surface area contributed by atoms with Gasteiger partial charge in [0.1, 0.15) is 6.04 Å². The van der Waals surface area contributed by atoms with Crippen LogP contribution in [0.3, 0.4) is 0 Å². The molecule has 0 aromatic heterocycles. The number of aliphatic imine (C=N–C) groups is 1. The van der Waals surface area contributed by atoms with Gasteiger partial charge in [-0.3, -0.25) is 4.99 Å². The Labute approximate surface area is 178 Å². The summed E-state index contributed by atoms with van der Waals surface area (Å²) in [5.41, 5.74) is 0. The van der Waals surface area contributed by atoms with E-state index >= 15 is 0 Å². The predicted molar refractivity (Wildman–Crippen MR) is 85.6 cm³/mol. The van der Waals surface area contributed by atoms with E-state index in [2.05, 4.69) is 11.9 Å². The fourth-order valence-electron chi connectivity index (χ4n) is 2.28. The van der Waals surface area contributed by atoms with E-state index in [0.29, 0.717) is 6.42 Å². The van der Waals surface area contributed by atoms with Crippen LogP contribution in [0.15, 0.2) is 4.99 Å². The van der Waals surface area contributed by atoms with Gasteiger partial charge < -0.3 is 10.2 Å². The Morgan fingerprint density at radius 3 is 1.77 bits per heavy atom. The average molecular weight is 338 g/mol. The maximum absolute atomic E-state index is 11.4. The molecular formula is C17H32KNO3. The Morgan fingerprint density at radius 1 is 0.955 bits per heavy atom. The van der Waals surface area contributed by atoms with Gasteiger partial charge in [-0.25, -0.2) is 4.79 Å². The molecule has 5 heteroatoms. The minimum absolute atomic E-state index is 0. The van der Waals surface area contributed by atoms with Crippen LogP contribution >= 0.6 is 0 Å². The summed E-state index contributed by atoms with van der Waals surface area (Å²) in [5, 5.41) is 20.0. The second-order valence-corrected chi connectivity index (χ2v) is 5.82. The second-order valence-electron chi connectivity index (χ2n) is 5.82. The van der Waals surface area contributed by atoms with Crippen molar-refractivity contribution < 1.29 is 66.4 Å². The molecule has 0 aromatic carbocycles. The van der Waals surface area contributed by atoms with Gasteiger partial charge in [0, 0.05) is 0 Å². The molecule has 0 aliphatic heterocycles. The number of nitrogens with zero attached hydrogens (tertiary/aromatic N) is 1. The zero-order valence-corrected chi connectivity index (χ0v) is 17.9. The molecule has 0 spiro atoms. The number of carbonyl (C=O) groups is 1. The van der Waals surface area contributed by atoms with Gasteiger partial charge in [-0.1, -0.05) is 71.1 Å². The molecule has 124 valence electrons. The quantitative estimate of drug-likeness (QED) is 0.222. The molecule has 0 aromatic rings. The summed E-state index contributed by atoms with van der Waals surface area (Å²) in [6.07, 6.45) is 14.0. The van der Waals surface area contributed by atoms with Crippen molar-refractivity contribution in [1.29, 1.82) is 0 Å². The van der Waals surface area contributed by atoms with Gasteiger partial charge in [0.2, 0.25) is 0 Å². The van der Waals surface area contributed by atoms with Gasteiger partial charge in [-0.15, -0.1) is 0 Å². The molecule has 0 amide bonds. The van der Waals surface area contributed by atoms with E-state index in [1.54, 1.807) is 0 Å². The van der Waals surface area contributed by atoms with E-state index in [0.717, 1.165) is 19.3 Å². The Morgan fingerprint density at radius 2 is 1.36 bits per heavy atom. The summed E-state index contributed by atoms with van der Waals surface area (Å²) in [4.78, 5) is 14.2. The zero-order valence-electron chi connectivity index (χ0n) is 14.8. The molecule has 0 unspecified atom stereocenters. The molecular weight excluding hydrogens is 305 g/mol. The molecule has 0 aliphatic carbocycles. The van der Waals surface area contributed by atoms with Crippen LogP contribution in [0.25, 0.3) is 0 Å². The molecule has 4 nitrogen and oxygen atoms in total. The Kier molecular flexibility index (Phi) is 20.2. The van der Waals surface area contributed by atoms with Crippen LogP contribution in [0.5, 0.6) is 0 Å². The summed E-state index contributed by atoms with van der Waals surface area (Å²) in [7, 11) is 0. The van der Waals surface area contributed by atoms with E-state index in [4.69, 9.17) is 5.11 Å². The van der Waals surface area contributed by atoms with Crippen LogP contribution < -0.4 is 56.5 Å². The molecule has 0 saturated carbocycles. The molecule has 0 fully saturated rings. The standard InChI is InChI=1S/C17H33NO3.K/c1-3-4-5-6-7-8-9-10-11-12-13-14-16(19)18-15(2)17(20)21;/h15H,3-14H2,1-2H3,(H,18,19)(H,20,21);/q;+1/p-1/t15-;/m0./s1. The summed E-state index contributed by atoms with van der Waals surface area (Å²) in [6, 6.07) is -0.912. The molecule has 0 saturated heterocycles. The molecule has 0 aliphatic rings. The zero-order chi connectivity index (χ0) is 15.9. The van der Waals surface area contributed by atoms with Gasteiger partial charge in [-0.05, 0) is 25.7 Å². The molecule has 0 rings (SSSR count). The van der Waals surface area contributed by atoms with Gasteiger partial charge in [0.05, 0.1) is 0 Å². The van der Waals surface area contributed by atoms with E-state index in [-0.39, 0.29) is 57.3 Å². The van der Waals surface area contributed by atoms with Crippen molar-refractivity contribution in [1.82, 2.24) is 0 Å². The van der Waals surface area contributed by atoms with Crippen molar-refractivity contribution >= 4 is 11.9 Å². The third-order valence-electron chi connectivity index (χ3n) is 3.69. The van der Waals surface area contributed by atoms with Crippen LogP contribution in [0.1, 0.15) is 90.9 Å². The number of unbranched alkanes of at least 4 members (excludes halogenated alkanes) is 10. The Hall–Kier alpha value is 0.576. The molecule has 1 N–H and O–H groups in total. The molecule has 0 bridgehead atoms. The van der Waals surface area contributed by atoms with E-state index in [1.807, 2.05) is 0 Å². The van der Waals surface area contributed by atoms with E-state index in [9.17, 15) is 9.90 Å². The summed E-state index contributed by atoms with van der Waals surface area (Å²) in [5.74, 6) is -1.32. The maximum atomic E-state index is 11.4. The van der Waals surface area contributed by atoms with Crippen molar-refractivity contribution in [2.45, 2.75) is 96.9 Å². The summed E-state index contributed by atoms with van der Waals surface area (Å²) in [6.45, 7) is 3.67. The topological polar surface area (TPSA) is 72.7 Å². The van der Waals surface area contributed by atoms with Crippen LogP contribution in [0, 0.1) is 0 Å². The average Bonchev–Trinajstić information content (AvgIpc) is 2.44. The molecule has 0 heterocycles. The monoisotopic (exact) mass is 337 g/mol. The molecule has 22 heavy (non-hydrogen) atoms. The van der Waals surface area contributed by atoms with Gasteiger partial charge in [0.15, 0.2) is 0 Å². The number of carboxylic acid groups (broad SMARTS) is 1. The first-order valence-corrected chi connectivity index (χ1v) is 8.54. The van der Waals surface area contributed by atoms with Crippen molar-refractivity contribution in [2.75, 3.05) is 0 Å². The fourth-order valence-corrected chi connectivity index (χ4v) is 2.28. The van der Waals surface area contributed by atoms with Crippen molar-refractivity contribution in [3.63, 3.8) is 0 Å². The smallest absolute Gasteiger partial charge is 0.862 e. The number of hydrogen-bond acceptors (Lipinski definition) is 3. The molecule has 1 atom stereocenters. The van der Waals surface area contributed by atoms with E-state index in [1.165, 1.54) is 58.3 Å². The first kappa shape index (κ1) is 24.8. The minimum atomic E-state index is -1.04. The third-order valence-corrected chi connectivity index (χ3v) is 3.69. The SMILES string of the molecule is CCCCCCCCCCCCCC([O-])=N[C@@H](C)C(=O)O.[K+]. The number of hydrogen-bond donors (Lipinski definition) is 1. The van der Waals surface area contributed by atoms with Crippen LogP contribution in [0.4, 0.5) is 0 Å². The van der Waals surface area contributed by atoms with Crippen LogP contribution in [-0.2, 0) is 4.79 Å². The van der Waals surface area contributed by atoms with Crippen molar-refractivity contribution in [2.24, 2.45) is 4.99 Å². The van der Waals surface area contributed by atoms with Crippen molar-refractivity contribution in [3.8, 4) is 0 Å². The Bertz CT molecular complexity index is 296. The maximum Gasteiger partial charge on any atom is 1.00 e. The number of aliphatic carboxylic acids is 1. The van der Waals surface area contributed by atoms with E-state index < -0.39 is 12.0 Å². The van der Waals surface area contributed by atoms with Crippen molar-refractivity contribution in [3.05, 3.63) is 0 Å². The third kappa shape index (κ3) is 16.9. The largest absolute Gasteiger partial charge is 1.00 e. The van der Waals surface area contributed by atoms with Gasteiger partial charge in [-0.2, -0.15) is 0 Å². The first-order valence-electron chi connectivity index (χ1n) is 8.54. The number of rotatable bonds is 14. The summed E-state index contributed by atoms with van der Waals surface area (Å²) < 4.78 is 0. The molecule has 0 radical (unpaired) electrons. The Balaban J connectivity index is 0. The minimum Gasteiger partial charge on any atom is -0.862 e. The van der Waals surface area contributed by atoms with Crippen LogP contribution in [0.2, 0.25) is 0 Å². The fraction of sp³-hybridized carbons (Fsp3) is 0.882.